The second-order valence-electron chi connectivity index (χ2n) is 5.42. The first-order valence-electron chi connectivity index (χ1n) is 6.54. The summed E-state index contributed by atoms with van der Waals surface area (Å²) in [6.45, 7) is 6.21. The number of halogens is 1. The molecular weight excluding hydrogens is 248 g/mol. The molecule has 1 aromatic rings. The van der Waals surface area contributed by atoms with Gasteiger partial charge in [0.05, 0.1) is 7.14 Å². The normalized spacial score (nSPS) is 20.2. The van der Waals surface area contributed by atoms with Gasteiger partial charge in [-0.1, -0.05) is 12.1 Å². The molecule has 0 bridgehead atoms. The second kappa shape index (κ2) is 5.54. The van der Waals surface area contributed by atoms with E-state index in [0.29, 0.717) is 12.2 Å². The van der Waals surface area contributed by atoms with E-state index in [4.69, 9.17) is 0 Å². The van der Waals surface area contributed by atoms with Crippen LogP contribution in [0, 0.1) is 5.82 Å². The van der Waals surface area contributed by atoms with E-state index in [2.05, 4.69) is 18.7 Å². The quantitative estimate of drug-likeness (QED) is 0.784. The van der Waals surface area contributed by atoms with Gasteiger partial charge >= 0.3 is 0 Å². The summed E-state index contributed by atoms with van der Waals surface area (Å²) in [6, 6.07) is 6.94. The largest absolute Gasteiger partial charge is 0.323 e. The van der Waals surface area contributed by atoms with Crippen molar-refractivity contribution in [3.8, 4) is 0 Å². The summed E-state index contributed by atoms with van der Waals surface area (Å²) < 4.78 is 25.6. The lowest BCUT2D eigenvalue weighted by Crippen LogP contribution is -2.39. The summed E-state index contributed by atoms with van der Waals surface area (Å²) in [5, 5.41) is 0. The standard InChI is InChI=1S/C14H21FNOP/c1-12(2)16-7-9-18(17,10-8-16)11-13-3-5-14(15)6-4-13/h3-6,12H,7-11H2,1-2H3. The number of hydrogen-bond acceptors (Lipinski definition) is 2. The average molecular weight is 269 g/mol. The van der Waals surface area contributed by atoms with E-state index < -0.39 is 7.14 Å². The molecule has 0 radical (unpaired) electrons. The van der Waals surface area contributed by atoms with Gasteiger partial charge in [-0.15, -0.1) is 0 Å². The molecule has 1 fully saturated rings. The fraction of sp³-hybridized carbons (Fsp3) is 0.571. The molecule has 1 aromatic carbocycles. The maximum atomic E-state index is 12.8. The molecule has 0 aromatic heterocycles. The third kappa shape index (κ3) is 3.43. The van der Waals surface area contributed by atoms with Gasteiger partial charge in [0.1, 0.15) is 5.82 Å². The van der Waals surface area contributed by atoms with Gasteiger partial charge in [-0.25, -0.2) is 4.39 Å². The number of benzene rings is 1. The van der Waals surface area contributed by atoms with E-state index in [-0.39, 0.29) is 5.82 Å². The van der Waals surface area contributed by atoms with Crippen LogP contribution in [0.1, 0.15) is 19.4 Å². The van der Waals surface area contributed by atoms with Crippen molar-refractivity contribution < 1.29 is 8.96 Å². The Morgan fingerprint density at radius 2 is 1.78 bits per heavy atom. The molecule has 0 saturated carbocycles. The van der Waals surface area contributed by atoms with Crippen LogP contribution in [0.2, 0.25) is 0 Å². The SMILES string of the molecule is CC(C)N1CCP(=O)(Cc2ccc(F)cc2)CC1. The summed E-state index contributed by atoms with van der Waals surface area (Å²) in [5.41, 5.74) is 0.998. The van der Waals surface area contributed by atoms with Gasteiger partial charge in [-0.2, -0.15) is 0 Å². The van der Waals surface area contributed by atoms with Crippen molar-refractivity contribution in [2.24, 2.45) is 0 Å². The first-order valence-corrected chi connectivity index (χ1v) is 8.80. The third-order valence-corrected chi connectivity index (χ3v) is 6.68. The van der Waals surface area contributed by atoms with Crippen LogP contribution < -0.4 is 0 Å². The minimum atomic E-state index is -2.09. The van der Waals surface area contributed by atoms with E-state index in [1.54, 1.807) is 12.1 Å². The molecule has 4 heteroatoms. The Kier molecular flexibility index (Phi) is 4.24. The Morgan fingerprint density at radius 3 is 2.28 bits per heavy atom. The highest BCUT2D eigenvalue weighted by atomic mass is 31.2. The van der Waals surface area contributed by atoms with Crippen LogP contribution in [-0.2, 0) is 10.7 Å². The maximum Gasteiger partial charge on any atom is 0.123 e. The van der Waals surface area contributed by atoms with E-state index in [1.807, 2.05) is 0 Å². The Balaban J connectivity index is 1.98. The molecular formula is C14H21FNOP. The molecule has 100 valence electrons. The minimum Gasteiger partial charge on any atom is -0.323 e. The Hall–Kier alpha value is -0.660. The van der Waals surface area contributed by atoms with Crippen molar-refractivity contribution in [1.82, 2.24) is 4.90 Å². The summed E-state index contributed by atoms with van der Waals surface area (Å²) in [5.74, 6) is -0.230. The van der Waals surface area contributed by atoms with Gasteiger partial charge < -0.3 is 9.46 Å². The van der Waals surface area contributed by atoms with Crippen molar-refractivity contribution in [3.63, 3.8) is 0 Å². The van der Waals surface area contributed by atoms with E-state index in [1.165, 1.54) is 12.1 Å². The maximum absolute atomic E-state index is 12.8. The minimum absolute atomic E-state index is 0.230. The van der Waals surface area contributed by atoms with Crippen molar-refractivity contribution in [3.05, 3.63) is 35.6 Å². The number of rotatable bonds is 3. The van der Waals surface area contributed by atoms with Gasteiger partial charge in [-0.3, -0.25) is 0 Å². The Morgan fingerprint density at radius 1 is 1.22 bits per heavy atom. The molecule has 0 aliphatic carbocycles. The fourth-order valence-electron chi connectivity index (χ4n) is 2.44. The lowest BCUT2D eigenvalue weighted by molar-refractivity contribution is 0.240. The zero-order valence-corrected chi connectivity index (χ0v) is 12.0. The first kappa shape index (κ1) is 13.8. The number of hydrogen-bond donors (Lipinski definition) is 0. The fourth-order valence-corrected chi connectivity index (χ4v) is 5.10. The van der Waals surface area contributed by atoms with Crippen molar-refractivity contribution in [2.45, 2.75) is 26.1 Å². The highest BCUT2D eigenvalue weighted by molar-refractivity contribution is 7.63. The summed E-state index contributed by atoms with van der Waals surface area (Å²) in [7, 11) is -2.09. The lowest BCUT2D eigenvalue weighted by Gasteiger charge is -2.34. The summed E-state index contributed by atoms with van der Waals surface area (Å²) >= 11 is 0. The molecule has 0 amide bonds. The molecule has 1 saturated heterocycles. The third-order valence-electron chi connectivity index (χ3n) is 3.70. The highest BCUT2D eigenvalue weighted by Gasteiger charge is 2.29. The molecule has 1 aliphatic rings. The van der Waals surface area contributed by atoms with Crippen LogP contribution in [0.4, 0.5) is 4.39 Å². The van der Waals surface area contributed by atoms with Crippen molar-refractivity contribution >= 4 is 7.14 Å². The Labute approximate surface area is 109 Å². The lowest BCUT2D eigenvalue weighted by atomic mass is 10.2. The second-order valence-corrected chi connectivity index (χ2v) is 8.75. The van der Waals surface area contributed by atoms with Crippen LogP contribution in [0.15, 0.2) is 24.3 Å². The van der Waals surface area contributed by atoms with Crippen LogP contribution in [0.25, 0.3) is 0 Å². The smallest absolute Gasteiger partial charge is 0.123 e. The van der Waals surface area contributed by atoms with Gasteiger partial charge in [0.2, 0.25) is 0 Å². The van der Waals surface area contributed by atoms with E-state index in [0.717, 1.165) is 31.0 Å². The van der Waals surface area contributed by atoms with Gasteiger partial charge in [0, 0.05) is 37.6 Å². The molecule has 0 N–H and O–H groups in total. The van der Waals surface area contributed by atoms with Crippen LogP contribution in [0.3, 0.4) is 0 Å². The zero-order chi connectivity index (χ0) is 13.2. The van der Waals surface area contributed by atoms with Crippen LogP contribution in [0.5, 0.6) is 0 Å². The van der Waals surface area contributed by atoms with Gasteiger partial charge in [-0.05, 0) is 31.5 Å². The van der Waals surface area contributed by atoms with E-state index >= 15 is 0 Å². The van der Waals surface area contributed by atoms with Gasteiger partial charge in [0.15, 0.2) is 0 Å². The predicted octanol–water partition coefficient (Wildman–Crippen LogP) is 3.41. The first-order chi connectivity index (χ1) is 8.48. The number of nitrogens with zero attached hydrogens (tertiary/aromatic N) is 1. The molecule has 0 atom stereocenters. The van der Waals surface area contributed by atoms with Crippen LogP contribution in [-0.4, -0.2) is 36.4 Å². The molecule has 2 nitrogen and oxygen atoms in total. The van der Waals surface area contributed by atoms with Gasteiger partial charge in [0.25, 0.3) is 0 Å². The summed E-state index contributed by atoms with van der Waals surface area (Å²) in [4.78, 5) is 2.38. The van der Waals surface area contributed by atoms with Crippen LogP contribution >= 0.6 is 7.14 Å². The molecule has 0 unspecified atom stereocenters. The van der Waals surface area contributed by atoms with E-state index in [9.17, 15) is 8.96 Å². The predicted molar refractivity (Wildman–Crippen MR) is 74.2 cm³/mol. The molecule has 1 aliphatic heterocycles. The molecule has 2 rings (SSSR count). The Bertz CT molecular complexity index is 432. The van der Waals surface area contributed by atoms with Crippen molar-refractivity contribution in [1.29, 1.82) is 0 Å². The zero-order valence-electron chi connectivity index (χ0n) is 11.1. The highest BCUT2D eigenvalue weighted by Crippen LogP contribution is 2.50. The summed E-state index contributed by atoms with van der Waals surface area (Å²) in [6.07, 6.45) is 2.21. The molecule has 0 spiro atoms. The average Bonchev–Trinajstić information content (AvgIpc) is 2.32. The van der Waals surface area contributed by atoms with Crippen molar-refractivity contribution in [2.75, 3.05) is 25.4 Å². The monoisotopic (exact) mass is 269 g/mol. The topological polar surface area (TPSA) is 20.3 Å². The molecule has 1 heterocycles. The molecule has 18 heavy (non-hydrogen) atoms.